The van der Waals surface area contributed by atoms with Crippen molar-refractivity contribution in [2.24, 2.45) is 7.05 Å². The summed E-state index contributed by atoms with van der Waals surface area (Å²) < 4.78 is 1.84. The van der Waals surface area contributed by atoms with Crippen molar-refractivity contribution in [3.8, 4) is 0 Å². The van der Waals surface area contributed by atoms with Crippen LogP contribution < -0.4 is 0 Å². The molecule has 0 amide bonds. The molecule has 0 unspecified atom stereocenters. The third kappa shape index (κ3) is 2.51. The number of thioether (sulfide) groups is 1. The summed E-state index contributed by atoms with van der Waals surface area (Å²) in [4.78, 5) is 8.39. The van der Waals surface area contributed by atoms with Gasteiger partial charge in [-0.3, -0.25) is 0 Å². The van der Waals surface area contributed by atoms with Gasteiger partial charge in [0, 0.05) is 13.2 Å². The summed E-state index contributed by atoms with van der Waals surface area (Å²) >= 11 is 13.4. The Bertz CT molecular complexity index is 499. The second kappa shape index (κ2) is 5.08. The molecule has 0 aromatic carbocycles. The lowest BCUT2D eigenvalue weighted by Crippen LogP contribution is -1.96. The molecule has 2 rings (SSSR count). The predicted molar refractivity (Wildman–Crippen MR) is 67.0 cm³/mol. The number of hydrogen-bond donors (Lipinski definition) is 0. The van der Waals surface area contributed by atoms with E-state index in [2.05, 4.69) is 9.97 Å². The fraction of sp³-hybridized carbons (Fsp3) is 0.200. The molecule has 3 nitrogen and oxygen atoms in total. The highest BCUT2D eigenvalue weighted by Gasteiger charge is 2.07. The molecule has 6 heteroatoms. The molecule has 0 aliphatic carbocycles. The lowest BCUT2D eigenvalue weighted by Gasteiger charge is -2.03. The molecular weight excluding hydrogens is 265 g/mol. The molecule has 0 spiro atoms. The Hall–Kier alpha value is -0.710. The summed E-state index contributed by atoms with van der Waals surface area (Å²) in [5.74, 6) is 1.59. The van der Waals surface area contributed by atoms with Crippen LogP contribution in [0.15, 0.2) is 29.6 Å². The maximum atomic E-state index is 6.00. The first-order chi connectivity index (χ1) is 7.68. The van der Waals surface area contributed by atoms with Gasteiger partial charge in [0.1, 0.15) is 16.0 Å². The van der Waals surface area contributed by atoms with Crippen LogP contribution in [0.25, 0.3) is 0 Å². The van der Waals surface area contributed by atoms with Gasteiger partial charge < -0.3 is 4.57 Å². The molecular formula is C10H9Cl2N3S. The molecule has 0 aliphatic rings. The third-order valence-corrected chi connectivity index (χ3v) is 3.86. The number of pyridine rings is 1. The van der Waals surface area contributed by atoms with Gasteiger partial charge in [-0.25, -0.2) is 9.97 Å². The summed E-state index contributed by atoms with van der Waals surface area (Å²) in [5.41, 5.74) is 0. The van der Waals surface area contributed by atoms with Crippen LogP contribution in [0, 0.1) is 0 Å². The van der Waals surface area contributed by atoms with E-state index in [9.17, 15) is 0 Å². The van der Waals surface area contributed by atoms with Crippen LogP contribution in [-0.4, -0.2) is 14.5 Å². The van der Waals surface area contributed by atoms with E-state index in [0.717, 1.165) is 10.9 Å². The van der Waals surface area contributed by atoms with E-state index in [1.165, 1.54) is 0 Å². The average Bonchev–Trinajstić information content (AvgIpc) is 2.59. The second-order valence-electron chi connectivity index (χ2n) is 3.14. The van der Waals surface area contributed by atoms with Crippen molar-refractivity contribution < 1.29 is 0 Å². The van der Waals surface area contributed by atoms with Crippen molar-refractivity contribution in [1.82, 2.24) is 14.5 Å². The van der Waals surface area contributed by atoms with E-state index in [0.29, 0.717) is 15.9 Å². The van der Waals surface area contributed by atoms with Gasteiger partial charge in [-0.2, -0.15) is 0 Å². The van der Waals surface area contributed by atoms with Crippen molar-refractivity contribution in [3.63, 3.8) is 0 Å². The summed E-state index contributed by atoms with van der Waals surface area (Å²) in [5, 5.41) is 2.10. The Morgan fingerprint density at radius 1 is 1.38 bits per heavy atom. The molecule has 2 aromatic heterocycles. The lowest BCUT2D eigenvalue weighted by atomic mass is 10.5. The first-order valence-electron chi connectivity index (χ1n) is 4.58. The quantitative estimate of drug-likeness (QED) is 0.803. The largest absolute Gasteiger partial charge is 0.322 e. The van der Waals surface area contributed by atoms with Gasteiger partial charge in [0.05, 0.1) is 17.0 Å². The molecule has 2 aromatic rings. The second-order valence-corrected chi connectivity index (χ2v) is 4.89. The van der Waals surface area contributed by atoms with Gasteiger partial charge in [0.25, 0.3) is 0 Å². The minimum absolute atomic E-state index is 0.628. The molecule has 2 heterocycles. The monoisotopic (exact) mass is 273 g/mol. The zero-order valence-electron chi connectivity index (χ0n) is 8.52. The Morgan fingerprint density at radius 2 is 2.19 bits per heavy atom. The van der Waals surface area contributed by atoms with Crippen LogP contribution in [0.2, 0.25) is 10.2 Å². The smallest absolute Gasteiger partial charge is 0.128 e. The van der Waals surface area contributed by atoms with Crippen molar-refractivity contribution >= 4 is 35.0 Å². The van der Waals surface area contributed by atoms with Crippen LogP contribution in [0.5, 0.6) is 0 Å². The summed E-state index contributed by atoms with van der Waals surface area (Å²) in [6, 6.07) is 3.63. The van der Waals surface area contributed by atoms with Gasteiger partial charge >= 0.3 is 0 Å². The number of rotatable bonds is 3. The normalized spacial score (nSPS) is 10.7. The topological polar surface area (TPSA) is 30.7 Å². The number of aromatic nitrogens is 3. The van der Waals surface area contributed by atoms with Crippen LogP contribution in [-0.2, 0) is 12.8 Å². The Balaban J connectivity index is 2.08. The zero-order valence-corrected chi connectivity index (χ0v) is 10.9. The Labute approximate surface area is 108 Å². The molecule has 0 N–H and O–H groups in total. The predicted octanol–water partition coefficient (Wildman–Crippen LogP) is 3.41. The van der Waals surface area contributed by atoms with E-state index in [4.69, 9.17) is 23.2 Å². The first kappa shape index (κ1) is 11.8. The van der Waals surface area contributed by atoms with Crippen LogP contribution >= 0.6 is 35.0 Å². The SMILES string of the molecule is Cn1c(Cl)cnc1CSc1ncccc1Cl. The molecule has 0 saturated carbocycles. The number of halogens is 2. The van der Waals surface area contributed by atoms with Gasteiger partial charge in [-0.1, -0.05) is 35.0 Å². The standard InChI is InChI=1S/C10H9Cl2N3S/c1-15-8(12)5-14-9(15)6-16-10-7(11)3-2-4-13-10/h2-5H,6H2,1H3. The maximum absolute atomic E-state index is 6.00. The highest BCUT2D eigenvalue weighted by molar-refractivity contribution is 7.98. The first-order valence-corrected chi connectivity index (χ1v) is 6.32. The molecule has 0 saturated heterocycles. The third-order valence-electron chi connectivity index (χ3n) is 2.09. The lowest BCUT2D eigenvalue weighted by molar-refractivity contribution is 0.849. The molecule has 0 aliphatic heterocycles. The highest BCUT2D eigenvalue weighted by atomic mass is 35.5. The van der Waals surface area contributed by atoms with Gasteiger partial charge in [-0.15, -0.1) is 0 Å². The minimum Gasteiger partial charge on any atom is -0.322 e. The summed E-state index contributed by atoms with van der Waals surface area (Å²) in [6.45, 7) is 0. The number of hydrogen-bond acceptors (Lipinski definition) is 3. The zero-order chi connectivity index (χ0) is 11.5. The maximum Gasteiger partial charge on any atom is 0.128 e. The minimum atomic E-state index is 0.628. The van der Waals surface area contributed by atoms with Crippen molar-refractivity contribution in [2.45, 2.75) is 10.8 Å². The van der Waals surface area contributed by atoms with Crippen LogP contribution in [0.4, 0.5) is 0 Å². The van der Waals surface area contributed by atoms with Gasteiger partial charge in [0.15, 0.2) is 0 Å². The molecule has 0 radical (unpaired) electrons. The van der Waals surface area contributed by atoms with Gasteiger partial charge in [0.2, 0.25) is 0 Å². The van der Waals surface area contributed by atoms with E-state index in [1.807, 2.05) is 23.7 Å². The summed E-state index contributed by atoms with van der Waals surface area (Å²) in [6.07, 6.45) is 3.36. The van der Waals surface area contributed by atoms with Gasteiger partial charge in [-0.05, 0) is 12.1 Å². The number of nitrogens with zero attached hydrogens (tertiary/aromatic N) is 3. The van der Waals surface area contributed by atoms with Crippen LogP contribution in [0.1, 0.15) is 5.82 Å². The molecule has 0 atom stereocenters. The molecule has 84 valence electrons. The highest BCUT2D eigenvalue weighted by Crippen LogP contribution is 2.27. The fourth-order valence-electron chi connectivity index (χ4n) is 1.17. The van der Waals surface area contributed by atoms with E-state index in [-0.39, 0.29) is 0 Å². The van der Waals surface area contributed by atoms with E-state index >= 15 is 0 Å². The summed E-state index contributed by atoms with van der Waals surface area (Å²) in [7, 11) is 1.88. The van der Waals surface area contributed by atoms with E-state index < -0.39 is 0 Å². The van der Waals surface area contributed by atoms with Crippen molar-refractivity contribution in [1.29, 1.82) is 0 Å². The van der Waals surface area contributed by atoms with Crippen molar-refractivity contribution in [2.75, 3.05) is 0 Å². The van der Waals surface area contributed by atoms with E-state index in [1.54, 1.807) is 24.2 Å². The fourth-order valence-corrected chi connectivity index (χ4v) is 2.48. The average molecular weight is 274 g/mol. The molecule has 16 heavy (non-hydrogen) atoms. The number of imidazole rings is 1. The Kier molecular flexibility index (Phi) is 3.74. The van der Waals surface area contributed by atoms with Crippen LogP contribution in [0.3, 0.4) is 0 Å². The molecule has 0 bridgehead atoms. The van der Waals surface area contributed by atoms with Crippen molar-refractivity contribution in [3.05, 3.63) is 40.5 Å². The Morgan fingerprint density at radius 3 is 2.81 bits per heavy atom. The molecule has 0 fully saturated rings.